The zero-order chi connectivity index (χ0) is 25.9. The van der Waals surface area contributed by atoms with E-state index in [0.29, 0.717) is 6.54 Å². The molecular weight excluding hydrogens is 510 g/mol. The summed E-state index contributed by atoms with van der Waals surface area (Å²) in [5.41, 5.74) is 4.85. The Labute approximate surface area is 230 Å². The summed E-state index contributed by atoms with van der Waals surface area (Å²) in [6, 6.07) is 28.8. The van der Waals surface area contributed by atoms with Crippen LogP contribution < -0.4 is 10.3 Å². The van der Waals surface area contributed by atoms with Crippen LogP contribution in [0.25, 0.3) is 10.2 Å². The highest BCUT2D eigenvalue weighted by atomic mass is 32.2. The summed E-state index contributed by atoms with van der Waals surface area (Å²) in [6.07, 6.45) is 0.878. The van der Waals surface area contributed by atoms with Gasteiger partial charge in [0, 0.05) is 30.3 Å². The number of rotatable bonds is 8. The van der Waals surface area contributed by atoms with Gasteiger partial charge in [-0.1, -0.05) is 84.6 Å². The molecule has 192 valence electrons. The predicted molar refractivity (Wildman–Crippen MR) is 156 cm³/mol. The van der Waals surface area contributed by atoms with Gasteiger partial charge in [0.1, 0.15) is 10.6 Å². The maximum atomic E-state index is 14.0. The lowest BCUT2D eigenvalue weighted by molar-refractivity contribution is 0.249. The van der Waals surface area contributed by atoms with Gasteiger partial charge in [-0.05, 0) is 40.8 Å². The lowest BCUT2D eigenvalue weighted by Gasteiger charge is -2.26. The SMILES string of the molecule is COc1ccc(CSc2nc3sc4c(c3c(=O)n2Cc2ccccc2)CCN(Cc2ccccc2)C4)cc1. The third kappa shape index (κ3) is 5.27. The smallest absolute Gasteiger partial charge is 0.263 e. The molecule has 38 heavy (non-hydrogen) atoms. The fraction of sp³-hybridized carbons (Fsp3) is 0.226. The second-order valence-corrected chi connectivity index (χ2v) is 11.6. The molecule has 0 spiro atoms. The molecule has 0 saturated heterocycles. The molecule has 3 heterocycles. The van der Waals surface area contributed by atoms with E-state index in [-0.39, 0.29) is 5.56 Å². The lowest BCUT2D eigenvalue weighted by Crippen LogP contribution is -2.30. The summed E-state index contributed by atoms with van der Waals surface area (Å²) in [6.45, 7) is 3.24. The molecule has 0 amide bonds. The highest BCUT2D eigenvalue weighted by molar-refractivity contribution is 7.98. The van der Waals surface area contributed by atoms with E-state index in [1.165, 1.54) is 21.6 Å². The Bertz CT molecular complexity index is 1600. The minimum atomic E-state index is 0.0742. The summed E-state index contributed by atoms with van der Waals surface area (Å²) in [5.74, 6) is 1.57. The molecule has 3 aromatic carbocycles. The first-order valence-electron chi connectivity index (χ1n) is 12.8. The molecule has 0 atom stereocenters. The summed E-state index contributed by atoms with van der Waals surface area (Å²) < 4.78 is 7.17. The Balaban J connectivity index is 1.34. The maximum Gasteiger partial charge on any atom is 0.263 e. The Hall–Kier alpha value is -3.39. The van der Waals surface area contributed by atoms with E-state index < -0.39 is 0 Å². The standard InChI is InChI=1S/C31H29N3O2S2/c1-36-25-14-12-24(13-15-25)21-37-31-32-29-28(30(35)34(31)19-23-10-6-3-7-11-23)26-16-17-33(20-27(26)38-29)18-22-8-4-2-5-9-22/h2-15H,16-21H2,1H3. The first-order chi connectivity index (χ1) is 18.7. The minimum Gasteiger partial charge on any atom is -0.497 e. The largest absolute Gasteiger partial charge is 0.497 e. The van der Waals surface area contributed by atoms with E-state index in [2.05, 4.69) is 59.5 Å². The van der Waals surface area contributed by atoms with Crippen LogP contribution >= 0.6 is 23.1 Å². The Morgan fingerprint density at radius 2 is 1.58 bits per heavy atom. The summed E-state index contributed by atoms with van der Waals surface area (Å²) in [7, 11) is 1.67. The molecule has 1 aliphatic heterocycles. The first-order valence-corrected chi connectivity index (χ1v) is 14.6. The van der Waals surface area contributed by atoms with Crippen molar-refractivity contribution in [2.75, 3.05) is 13.7 Å². The molecule has 0 bridgehead atoms. The van der Waals surface area contributed by atoms with Crippen LogP contribution in [0.15, 0.2) is 94.9 Å². The van der Waals surface area contributed by atoms with Crippen molar-refractivity contribution in [2.24, 2.45) is 0 Å². The average molecular weight is 540 g/mol. The zero-order valence-corrected chi connectivity index (χ0v) is 22.9. The van der Waals surface area contributed by atoms with Crippen LogP contribution in [0, 0.1) is 0 Å². The molecule has 5 nitrogen and oxygen atoms in total. The minimum absolute atomic E-state index is 0.0742. The second kappa shape index (κ2) is 11.2. The fourth-order valence-electron chi connectivity index (χ4n) is 4.97. The van der Waals surface area contributed by atoms with Crippen molar-refractivity contribution in [3.8, 4) is 5.75 Å². The van der Waals surface area contributed by atoms with Crippen LogP contribution in [0.1, 0.15) is 27.1 Å². The van der Waals surface area contributed by atoms with Gasteiger partial charge in [-0.2, -0.15) is 0 Å². The number of benzene rings is 3. The number of hydrogen-bond acceptors (Lipinski definition) is 6. The van der Waals surface area contributed by atoms with Gasteiger partial charge in [-0.25, -0.2) is 4.98 Å². The molecule has 6 rings (SSSR count). The molecular formula is C31H29N3O2S2. The van der Waals surface area contributed by atoms with Crippen LogP contribution in [-0.2, 0) is 31.8 Å². The third-order valence-electron chi connectivity index (χ3n) is 6.96. The molecule has 2 aromatic heterocycles. The Kier molecular flexibility index (Phi) is 7.31. The zero-order valence-electron chi connectivity index (χ0n) is 21.3. The number of thiophene rings is 1. The number of methoxy groups -OCH3 is 1. The van der Waals surface area contributed by atoms with Gasteiger partial charge >= 0.3 is 0 Å². The Morgan fingerprint density at radius 1 is 0.895 bits per heavy atom. The van der Waals surface area contributed by atoms with Crippen molar-refractivity contribution < 1.29 is 4.74 Å². The Morgan fingerprint density at radius 3 is 2.26 bits per heavy atom. The van der Waals surface area contributed by atoms with Gasteiger partial charge in [0.05, 0.1) is 19.0 Å². The van der Waals surface area contributed by atoms with E-state index >= 15 is 0 Å². The van der Waals surface area contributed by atoms with Gasteiger partial charge < -0.3 is 4.74 Å². The van der Waals surface area contributed by atoms with Crippen LogP contribution in [0.3, 0.4) is 0 Å². The number of thioether (sulfide) groups is 1. The molecule has 0 aliphatic carbocycles. The highest BCUT2D eigenvalue weighted by Crippen LogP contribution is 2.35. The summed E-state index contributed by atoms with van der Waals surface area (Å²) >= 11 is 3.31. The third-order valence-corrected chi connectivity index (χ3v) is 9.12. The van der Waals surface area contributed by atoms with E-state index in [9.17, 15) is 4.79 Å². The van der Waals surface area contributed by atoms with Crippen molar-refractivity contribution in [2.45, 2.75) is 37.0 Å². The number of aromatic nitrogens is 2. The average Bonchev–Trinajstić information content (AvgIpc) is 3.33. The van der Waals surface area contributed by atoms with Gasteiger partial charge in [0.25, 0.3) is 5.56 Å². The maximum absolute atomic E-state index is 14.0. The molecule has 0 unspecified atom stereocenters. The summed E-state index contributed by atoms with van der Waals surface area (Å²) in [5, 5.41) is 1.58. The monoisotopic (exact) mass is 539 g/mol. The van der Waals surface area contributed by atoms with Crippen molar-refractivity contribution in [3.63, 3.8) is 0 Å². The molecule has 1 aliphatic rings. The predicted octanol–water partition coefficient (Wildman–Crippen LogP) is 6.37. The van der Waals surface area contributed by atoms with E-state index in [4.69, 9.17) is 9.72 Å². The summed E-state index contributed by atoms with van der Waals surface area (Å²) in [4.78, 5) is 23.7. The highest BCUT2D eigenvalue weighted by Gasteiger charge is 2.25. The van der Waals surface area contributed by atoms with Gasteiger partial charge in [0.15, 0.2) is 5.16 Å². The topological polar surface area (TPSA) is 47.4 Å². The van der Waals surface area contributed by atoms with Gasteiger partial charge in [0.2, 0.25) is 0 Å². The van der Waals surface area contributed by atoms with Crippen molar-refractivity contribution in [1.82, 2.24) is 14.5 Å². The van der Waals surface area contributed by atoms with E-state index in [1.807, 2.05) is 34.9 Å². The molecule has 0 N–H and O–H groups in total. The molecule has 0 fully saturated rings. The fourth-order valence-corrected chi connectivity index (χ4v) is 7.23. The van der Waals surface area contributed by atoms with Crippen molar-refractivity contribution >= 4 is 33.3 Å². The van der Waals surface area contributed by atoms with Crippen molar-refractivity contribution in [1.29, 1.82) is 0 Å². The van der Waals surface area contributed by atoms with Gasteiger partial charge in [-0.15, -0.1) is 11.3 Å². The number of fused-ring (bicyclic) bond motifs is 3. The molecule has 5 aromatic rings. The number of nitrogens with zero attached hydrogens (tertiary/aromatic N) is 3. The van der Waals surface area contributed by atoms with Crippen LogP contribution in [-0.4, -0.2) is 28.1 Å². The second-order valence-electron chi connectivity index (χ2n) is 9.54. The molecule has 0 radical (unpaired) electrons. The van der Waals surface area contributed by atoms with Crippen LogP contribution in [0.4, 0.5) is 0 Å². The number of hydrogen-bond donors (Lipinski definition) is 0. The van der Waals surface area contributed by atoms with Crippen LogP contribution in [0.2, 0.25) is 0 Å². The molecule has 7 heteroatoms. The normalized spacial score (nSPS) is 13.5. The van der Waals surface area contributed by atoms with Crippen molar-refractivity contribution in [3.05, 3.63) is 122 Å². The van der Waals surface area contributed by atoms with Gasteiger partial charge in [-0.3, -0.25) is 14.3 Å². The van der Waals surface area contributed by atoms with E-state index in [1.54, 1.807) is 30.2 Å². The lowest BCUT2D eigenvalue weighted by atomic mass is 10.0. The van der Waals surface area contributed by atoms with Crippen LogP contribution in [0.5, 0.6) is 5.75 Å². The quantitative estimate of drug-likeness (QED) is 0.170. The molecule has 0 saturated carbocycles. The first kappa shape index (κ1) is 24.9. The van der Waals surface area contributed by atoms with E-state index in [0.717, 1.165) is 58.5 Å². The number of ether oxygens (including phenoxy) is 1.